The van der Waals surface area contributed by atoms with Crippen LogP contribution in [0.2, 0.25) is 0 Å². The average Bonchev–Trinajstić information content (AvgIpc) is 3.08. The van der Waals surface area contributed by atoms with Gasteiger partial charge >= 0.3 is 5.00 Å². The van der Waals surface area contributed by atoms with Crippen LogP contribution in [0.25, 0.3) is 10.8 Å². The molecule has 0 aromatic carbocycles. The van der Waals surface area contributed by atoms with Gasteiger partial charge in [0.2, 0.25) is 0 Å². The minimum absolute atomic E-state index is 0.0659. The fourth-order valence-electron chi connectivity index (χ4n) is 2.11. The third kappa shape index (κ3) is 2.42. The average molecular weight is 295 g/mol. The van der Waals surface area contributed by atoms with Crippen molar-refractivity contribution >= 4 is 16.3 Å². The lowest BCUT2D eigenvalue weighted by Crippen LogP contribution is -2.44. The smallest absolute Gasteiger partial charge is 0.324 e. The molecule has 1 N–H and O–H groups in total. The number of likely N-dealkylation sites (N-methyl/N-ethyl adjacent to an activating group) is 1. The summed E-state index contributed by atoms with van der Waals surface area (Å²) in [5.74, 6) is 0.933. The number of nitrogens with one attached hydrogen (secondary N) is 1. The molecule has 0 radical (unpaired) electrons. The summed E-state index contributed by atoms with van der Waals surface area (Å²) in [7, 11) is 2.01. The lowest BCUT2D eigenvalue weighted by atomic mass is 10.2. The minimum atomic E-state index is -0.426. The second-order valence-corrected chi connectivity index (χ2v) is 5.62. The van der Waals surface area contributed by atoms with Gasteiger partial charge in [-0.1, -0.05) is 16.5 Å². The first kappa shape index (κ1) is 13.2. The van der Waals surface area contributed by atoms with Gasteiger partial charge in [0.05, 0.1) is 15.8 Å². The van der Waals surface area contributed by atoms with E-state index < -0.39 is 4.92 Å². The topological polar surface area (TPSA) is 97.3 Å². The van der Waals surface area contributed by atoms with Gasteiger partial charge < -0.3 is 9.84 Å². The Kier molecular flexibility index (Phi) is 3.47. The highest BCUT2D eigenvalue weighted by Gasteiger charge is 2.26. The second-order valence-electron chi connectivity index (χ2n) is 4.55. The molecule has 0 aliphatic carbocycles. The molecule has 3 heterocycles. The third-order valence-electron chi connectivity index (χ3n) is 3.23. The number of nitrogens with zero attached hydrogens (tertiary/aromatic N) is 4. The Balaban J connectivity index is 1.83. The first-order valence-corrected chi connectivity index (χ1v) is 6.96. The zero-order valence-electron chi connectivity index (χ0n) is 10.8. The molecule has 0 saturated carbocycles. The highest BCUT2D eigenvalue weighted by Crippen LogP contribution is 2.32. The van der Waals surface area contributed by atoms with Crippen molar-refractivity contribution in [2.45, 2.75) is 6.04 Å². The van der Waals surface area contributed by atoms with Gasteiger partial charge in [0, 0.05) is 25.7 Å². The SMILES string of the molecule is CN1CCNCC1c1noc(-c2ccc([N+](=O)[O-])s2)n1. The van der Waals surface area contributed by atoms with Gasteiger partial charge in [0.25, 0.3) is 5.89 Å². The van der Waals surface area contributed by atoms with Crippen molar-refractivity contribution in [3.8, 4) is 10.8 Å². The molecule has 8 nitrogen and oxygen atoms in total. The molecule has 1 aliphatic heterocycles. The number of hydrogen-bond donors (Lipinski definition) is 1. The van der Waals surface area contributed by atoms with Gasteiger partial charge in [-0.2, -0.15) is 4.98 Å². The highest BCUT2D eigenvalue weighted by molar-refractivity contribution is 7.18. The van der Waals surface area contributed by atoms with Crippen LogP contribution in [-0.2, 0) is 0 Å². The Morgan fingerprint density at radius 3 is 3.15 bits per heavy atom. The molecule has 0 bridgehead atoms. The van der Waals surface area contributed by atoms with Crippen molar-refractivity contribution in [3.63, 3.8) is 0 Å². The number of hydrogen-bond acceptors (Lipinski definition) is 8. The van der Waals surface area contributed by atoms with E-state index in [4.69, 9.17) is 4.52 Å². The normalized spacial score (nSPS) is 20.1. The van der Waals surface area contributed by atoms with Gasteiger partial charge in [-0.25, -0.2) is 0 Å². The zero-order chi connectivity index (χ0) is 14.1. The van der Waals surface area contributed by atoms with E-state index in [1.54, 1.807) is 6.07 Å². The van der Waals surface area contributed by atoms with Crippen LogP contribution < -0.4 is 5.32 Å². The second kappa shape index (κ2) is 5.27. The maximum Gasteiger partial charge on any atom is 0.324 e. The summed E-state index contributed by atoms with van der Waals surface area (Å²) < 4.78 is 5.22. The van der Waals surface area contributed by atoms with Crippen LogP contribution >= 0.6 is 11.3 Å². The number of piperazine rings is 1. The zero-order valence-corrected chi connectivity index (χ0v) is 11.6. The molecular weight excluding hydrogens is 282 g/mol. The van der Waals surface area contributed by atoms with E-state index in [2.05, 4.69) is 20.4 Å². The third-order valence-corrected chi connectivity index (χ3v) is 4.26. The van der Waals surface area contributed by atoms with Crippen molar-refractivity contribution < 1.29 is 9.45 Å². The monoisotopic (exact) mass is 295 g/mol. The summed E-state index contributed by atoms with van der Waals surface area (Å²) in [6, 6.07) is 3.14. The minimum Gasteiger partial charge on any atom is -0.333 e. The summed E-state index contributed by atoms with van der Waals surface area (Å²) in [6.45, 7) is 2.62. The number of nitro groups is 1. The van der Waals surface area contributed by atoms with E-state index in [0.29, 0.717) is 16.6 Å². The molecule has 9 heteroatoms. The van der Waals surface area contributed by atoms with Crippen molar-refractivity contribution in [1.29, 1.82) is 0 Å². The standard InChI is InChI=1S/C11H13N5O3S/c1-15-5-4-12-6-7(15)10-13-11(19-14-10)8-2-3-9(20-8)16(17)18/h2-3,7,12H,4-6H2,1H3. The number of rotatable bonds is 3. The van der Waals surface area contributed by atoms with Crippen molar-refractivity contribution in [2.24, 2.45) is 0 Å². The maximum absolute atomic E-state index is 10.7. The van der Waals surface area contributed by atoms with Gasteiger partial charge in [0.15, 0.2) is 5.82 Å². The fraction of sp³-hybridized carbons (Fsp3) is 0.455. The molecule has 2 aromatic heterocycles. The van der Waals surface area contributed by atoms with E-state index in [0.717, 1.165) is 31.0 Å². The van der Waals surface area contributed by atoms with E-state index in [1.807, 2.05) is 7.05 Å². The Bertz CT molecular complexity index is 625. The predicted molar refractivity (Wildman–Crippen MR) is 72.5 cm³/mol. The van der Waals surface area contributed by atoms with Crippen LogP contribution in [0.3, 0.4) is 0 Å². The summed E-state index contributed by atoms with van der Waals surface area (Å²) in [5.41, 5.74) is 0. The van der Waals surface area contributed by atoms with Gasteiger partial charge in [0.1, 0.15) is 0 Å². The Hall–Kier alpha value is -1.84. The molecule has 1 fully saturated rings. The van der Waals surface area contributed by atoms with Crippen molar-refractivity contribution in [1.82, 2.24) is 20.4 Å². The summed E-state index contributed by atoms with van der Waals surface area (Å²) in [6.07, 6.45) is 0. The predicted octanol–water partition coefficient (Wildman–Crippen LogP) is 1.28. The quantitative estimate of drug-likeness (QED) is 0.673. The molecule has 2 aromatic rings. The Morgan fingerprint density at radius 1 is 1.60 bits per heavy atom. The van der Waals surface area contributed by atoms with Crippen molar-refractivity contribution in [2.75, 3.05) is 26.7 Å². The van der Waals surface area contributed by atoms with Gasteiger partial charge in [-0.15, -0.1) is 0 Å². The Morgan fingerprint density at radius 2 is 2.45 bits per heavy atom. The highest BCUT2D eigenvalue weighted by atomic mass is 32.1. The first-order chi connectivity index (χ1) is 9.65. The first-order valence-electron chi connectivity index (χ1n) is 6.14. The van der Waals surface area contributed by atoms with Crippen LogP contribution in [0, 0.1) is 10.1 Å². The molecule has 1 unspecified atom stereocenters. The molecule has 3 rings (SSSR count). The molecule has 20 heavy (non-hydrogen) atoms. The molecule has 106 valence electrons. The van der Waals surface area contributed by atoms with Crippen LogP contribution in [0.5, 0.6) is 0 Å². The summed E-state index contributed by atoms with van der Waals surface area (Å²) in [5, 5.41) is 18.0. The molecule has 0 amide bonds. The molecule has 0 spiro atoms. The fourth-order valence-corrected chi connectivity index (χ4v) is 2.85. The number of aromatic nitrogens is 2. The van der Waals surface area contributed by atoms with Crippen LogP contribution in [0.4, 0.5) is 5.00 Å². The van der Waals surface area contributed by atoms with Crippen molar-refractivity contribution in [3.05, 3.63) is 28.1 Å². The lowest BCUT2D eigenvalue weighted by Gasteiger charge is -2.30. The molecule has 1 aliphatic rings. The summed E-state index contributed by atoms with van der Waals surface area (Å²) in [4.78, 5) is 17.4. The van der Waals surface area contributed by atoms with Crippen LogP contribution in [0.1, 0.15) is 11.9 Å². The molecule has 1 saturated heterocycles. The molecular formula is C11H13N5O3S. The Labute approximate surface area is 118 Å². The van der Waals surface area contributed by atoms with Gasteiger partial charge in [-0.05, 0) is 13.1 Å². The maximum atomic E-state index is 10.7. The van der Waals surface area contributed by atoms with Gasteiger partial charge in [-0.3, -0.25) is 15.0 Å². The van der Waals surface area contributed by atoms with E-state index >= 15 is 0 Å². The summed E-state index contributed by atoms with van der Waals surface area (Å²) >= 11 is 1.03. The van der Waals surface area contributed by atoms with Crippen LogP contribution in [-0.4, -0.2) is 46.6 Å². The number of thiophene rings is 1. The van der Waals surface area contributed by atoms with E-state index in [-0.39, 0.29) is 11.0 Å². The lowest BCUT2D eigenvalue weighted by molar-refractivity contribution is -0.380. The van der Waals surface area contributed by atoms with Crippen LogP contribution in [0.15, 0.2) is 16.7 Å². The largest absolute Gasteiger partial charge is 0.333 e. The van der Waals surface area contributed by atoms with E-state index in [1.165, 1.54) is 6.07 Å². The molecule has 1 atom stereocenters. The van der Waals surface area contributed by atoms with E-state index in [9.17, 15) is 10.1 Å².